The van der Waals surface area contributed by atoms with Gasteiger partial charge in [0.15, 0.2) is 10.1 Å². The Kier molecular flexibility index (Phi) is 2.49. The Balaban J connectivity index is 3.12. The molecule has 1 rings (SSSR count). The van der Waals surface area contributed by atoms with Crippen LogP contribution < -0.4 is 0 Å². The summed E-state index contributed by atoms with van der Waals surface area (Å²) in [6, 6.07) is 5.76. The highest BCUT2D eigenvalue weighted by Crippen LogP contribution is 2.06. The van der Waals surface area contributed by atoms with Crippen LogP contribution in [-0.4, -0.2) is 18.1 Å². The smallest absolute Gasteiger partial charge is 0.264 e. The molecule has 70 valence electrons. The maximum atomic E-state index is 10.9. The molecule has 0 fully saturated rings. The van der Waals surface area contributed by atoms with Crippen LogP contribution in [0.1, 0.15) is 15.9 Å². The molecule has 0 aliphatic heterocycles. The van der Waals surface area contributed by atoms with Crippen LogP contribution in [0.4, 0.5) is 0 Å². The van der Waals surface area contributed by atoms with Gasteiger partial charge in [-0.05, 0) is 6.92 Å². The van der Waals surface area contributed by atoms with Gasteiger partial charge in [-0.15, -0.1) is 0 Å². The summed E-state index contributed by atoms with van der Waals surface area (Å²) in [7, 11) is -4.86. The van der Waals surface area contributed by atoms with Gasteiger partial charge in [-0.2, -0.15) is 0 Å². The summed E-state index contributed by atoms with van der Waals surface area (Å²) in [5.41, 5.74) is 0.792. The lowest BCUT2D eigenvalue weighted by Gasteiger charge is -2.04. The molecule has 0 spiro atoms. The lowest BCUT2D eigenvalue weighted by molar-refractivity contribution is 0.106. The van der Waals surface area contributed by atoms with E-state index in [1.165, 1.54) is 12.1 Å². The van der Waals surface area contributed by atoms with Gasteiger partial charge in [0.1, 0.15) is 0 Å². The monoisotopic (exact) mass is 199 g/mol. The van der Waals surface area contributed by atoms with Crippen molar-refractivity contribution in [2.45, 2.75) is 6.92 Å². The minimum Gasteiger partial charge on any atom is -0.742 e. The predicted octanol–water partition coefficient (Wildman–Crippen LogP) is 0.680. The highest BCUT2D eigenvalue weighted by Gasteiger charge is 2.12. The quantitative estimate of drug-likeness (QED) is 0.623. The molecule has 4 nitrogen and oxygen atoms in total. The van der Waals surface area contributed by atoms with Crippen LogP contribution in [0.25, 0.3) is 0 Å². The van der Waals surface area contributed by atoms with Gasteiger partial charge in [-0.1, -0.05) is 29.8 Å². The van der Waals surface area contributed by atoms with Crippen molar-refractivity contribution >= 4 is 15.2 Å². The van der Waals surface area contributed by atoms with Crippen molar-refractivity contribution in [2.75, 3.05) is 0 Å². The van der Waals surface area contributed by atoms with E-state index in [0.717, 1.165) is 5.56 Å². The van der Waals surface area contributed by atoms with Crippen molar-refractivity contribution in [3.8, 4) is 0 Å². The van der Waals surface area contributed by atoms with Crippen LogP contribution in [0.3, 0.4) is 0 Å². The summed E-state index contributed by atoms with van der Waals surface area (Å²) < 4.78 is 30.9. The fourth-order valence-electron chi connectivity index (χ4n) is 0.834. The van der Waals surface area contributed by atoms with E-state index in [1.807, 2.05) is 0 Å². The molecule has 0 aliphatic carbocycles. The van der Waals surface area contributed by atoms with Gasteiger partial charge in [-0.25, -0.2) is 8.42 Å². The number of hydrogen-bond donors (Lipinski definition) is 0. The lowest BCUT2D eigenvalue weighted by atomic mass is 10.2. The standard InChI is InChI=1S/C8H8O4S/c1-6-2-4-7(5-3-6)8(9)13(10,11)12/h2-5H,1H3,(H,10,11,12)/p-1. The van der Waals surface area contributed by atoms with E-state index in [9.17, 15) is 17.8 Å². The number of hydrogen-bond acceptors (Lipinski definition) is 4. The molecule has 5 heteroatoms. The van der Waals surface area contributed by atoms with Gasteiger partial charge in [0.05, 0.1) is 0 Å². The summed E-state index contributed by atoms with van der Waals surface area (Å²) in [6.07, 6.45) is 0. The zero-order valence-electron chi connectivity index (χ0n) is 6.85. The summed E-state index contributed by atoms with van der Waals surface area (Å²) in [5.74, 6) is 0. The van der Waals surface area contributed by atoms with E-state index in [4.69, 9.17) is 0 Å². The summed E-state index contributed by atoms with van der Waals surface area (Å²) in [5, 5.41) is -1.38. The molecule has 0 aromatic heterocycles. The van der Waals surface area contributed by atoms with Gasteiger partial charge in [0.25, 0.3) is 5.12 Å². The number of rotatable bonds is 1. The average Bonchev–Trinajstić information content (AvgIpc) is 2.03. The second-order valence-corrected chi connectivity index (χ2v) is 3.89. The lowest BCUT2D eigenvalue weighted by Crippen LogP contribution is -2.13. The van der Waals surface area contributed by atoms with Crippen LogP contribution in [0, 0.1) is 6.92 Å². The van der Waals surface area contributed by atoms with Gasteiger partial charge in [0.2, 0.25) is 0 Å². The molecule has 0 saturated heterocycles. The first-order valence-corrected chi connectivity index (χ1v) is 4.89. The molecule has 0 bridgehead atoms. The average molecular weight is 199 g/mol. The number of carbonyl (C=O) groups is 1. The first kappa shape index (κ1) is 9.88. The van der Waals surface area contributed by atoms with Crippen molar-refractivity contribution in [1.82, 2.24) is 0 Å². The van der Waals surface area contributed by atoms with E-state index in [2.05, 4.69) is 0 Å². The molecule has 0 aliphatic rings. The molecule has 0 unspecified atom stereocenters. The molecule has 0 radical (unpaired) electrons. The van der Waals surface area contributed by atoms with Gasteiger partial charge in [0, 0.05) is 5.56 Å². The Bertz CT molecular complexity index is 416. The van der Waals surface area contributed by atoms with Gasteiger partial charge in [-0.3, -0.25) is 4.79 Å². The minimum atomic E-state index is -4.86. The molecular weight excluding hydrogens is 192 g/mol. The van der Waals surface area contributed by atoms with Crippen molar-refractivity contribution in [2.24, 2.45) is 0 Å². The second kappa shape index (κ2) is 3.27. The van der Waals surface area contributed by atoms with Crippen LogP contribution in [0.2, 0.25) is 0 Å². The molecule has 0 atom stereocenters. The molecule has 0 heterocycles. The number of aryl methyl sites for hydroxylation is 1. The highest BCUT2D eigenvalue weighted by atomic mass is 32.2. The van der Waals surface area contributed by atoms with Crippen LogP contribution in [0.15, 0.2) is 24.3 Å². The Morgan fingerprint density at radius 3 is 2.08 bits per heavy atom. The Morgan fingerprint density at radius 2 is 1.69 bits per heavy atom. The molecule has 0 N–H and O–H groups in total. The van der Waals surface area contributed by atoms with Crippen molar-refractivity contribution < 1.29 is 17.8 Å². The summed E-state index contributed by atoms with van der Waals surface area (Å²) >= 11 is 0. The van der Waals surface area contributed by atoms with Crippen LogP contribution in [0.5, 0.6) is 0 Å². The maximum absolute atomic E-state index is 10.9. The maximum Gasteiger partial charge on any atom is 0.264 e. The van der Waals surface area contributed by atoms with Crippen LogP contribution >= 0.6 is 0 Å². The first-order valence-electron chi connectivity index (χ1n) is 3.48. The SMILES string of the molecule is Cc1ccc(C(=O)S(=O)(=O)[O-])cc1. The van der Waals surface area contributed by atoms with E-state index in [-0.39, 0.29) is 5.56 Å². The van der Waals surface area contributed by atoms with E-state index in [0.29, 0.717) is 0 Å². The minimum absolute atomic E-state index is 0.0967. The number of carbonyl (C=O) groups excluding carboxylic acids is 1. The normalized spacial score (nSPS) is 11.2. The van der Waals surface area contributed by atoms with E-state index >= 15 is 0 Å². The molecule has 0 amide bonds. The molecule has 1 aromatic rings. The molecular formula is C8H7O4S-. The topological polar surface area (TPSA) is 74.3 Å². The van der Waals surface area contributed by atoms with Gasteiger partial charge >= 0.3 is 0 Å². The zero-order chi connectivity index (χ0) is 10.1. The fraction of sp³-hybridized carbons (Fsp3) is 0.125. The number of benzene rings is 1. The van der Waals surface area contributed by atoms with Crippen molar-refractivity contribution in [1.29, 1.82) is 0 Å². The van der Waals surface area contributed by atoms with E-state index < -0.39 is 15.2 Å². The third-order valence-electron chi connectivity index (χ3n) is 1.51. The largest absolute Gasteiger partial charge is 0.742 e. The summed E-state index contributed by atoms with van der Waals surface area (Å²) in [6.45, 7) is 1.79. The van der Waals surface area contributed by atoms with Crippen LogP contribution in [-0.2, 0) is 10.1 Å². The van der Waals surface area contributed by atoms with E-state index in [1.54, 1.807) is 19.1 Å². The highest BCUT2D eigenvalue weighted by molar-refractivity contribution is 8.01. The summed E-state index contributed by atoms with van der Waals surface area (Å²) in [4.78, 5) is 10.9. The zero-order valence-corrected chi connectivity index (χ0v) is 7.67. The van der Waals surface area contributed by atoms with Gasteiger partial charge < -0.3 is 4.55 Å². The fourth-order valence-corrected chi connectivity index (χ4v) is 1.26. The third kappa shape index (κ3) is 2.37. The molecule has 13 heavy (non-hydrogen) atoms. The Hall–Kier alpha value is -1.20. The molecule has 1 aromatic carbocycles. The van der Waals surface area contributed by atoms with Crippen molar-refractivity contribution in [3.63, 3.8) is 0 Å². The molecule has 0 saturated carbocycles. The third-order valence-corrected chi connectivity index (χ3v) is 2.20. The predicted molar refractivity (Wildman–Crippen MR) is 45.2 cm³/mol. The second-order valence-electron chi connectivity index (χ2n) is 2.61. The first-order chi connectivity index (χ1) is 5.91. The Morgan fingerprint density at radius 1 is 1.23 bits per heavy atom. The van der Waals surface area contributed by atoms with Crippen molar-refractivity contribution in [3.05, 3.63) is 35.4 Å². The Labute approximate surface area is 76.0 Å².